The predicted molar refractivity (Wildman–Crippen MR) is 130 cm³/mol. The monoisotopic (exact) mass is 443 g/mol. The quantitative estimate of drug-likeness (QED) is 0.346. The number of methoxy groups -OCH3 is 3. The van der Waals surface area contributed by atoms with Gasteiger partial charge in [-0.2, -0.15) is 0 Å². The summed E-state index contributed by atoms with van der Waals surface area (Å²) < 4.78 is 21.9. The van der Waals surface area contributed by atoms with Crippen molar-refractivity contribution < 1.29 is 23.4 Å². The van der Waals surface area contributed by atoms with Crippen molar-refractivity contribution in [1.29, 1.82) is 0 Å². The lowest BCUT2D eigenvalue weighted by atomic mass is 9.99. The molecule has 6 heteroatoms. The van der Waals surface area contributed by atoms with Crippen molar-refractivity contribution >= 4 is 28.1 Å². The van der Waals surface area contributed by atoms with E-state index in [2.05, 4.69) is 5.32 Å². The molecule has 1 N–H and O–H groups in total. The zero-order chi connectivity index (χ0) is 23.4. The Balaban J connectivity index is 1.66. The largest absolute Gasteiger partial charge is 0.496 e. The minimum absolute atomic E-state index is 0.266. The van der Waals surface area contributed by atoms with Crippen LogP contribution in [0.4, 0.5) is 5.69 Å². The summed E-state index contributed by atoms with van der Waals surface area (Å²) in [5.74, 6) is 1.49. The molecule has 0 saturated heterocycles. The van der Waals surface area contributed by atoms with E-state index in [1.165, 1.54) is 0 Å². The molecule has 0 aliphatic rings. The summed E-state index contributed by atoms with van der Waals surface area (Å²) in [5, 5.41) is 3.81. The second-order valence-electron chi connectivity index (χ2n) is 7.45. The van der Waals surface area contributed by atoms with Crippen molar-refractivity contribution in [2.75, 3.05) is 26.6 Å². The Kier molecular flexibility index (Phi) is 6.36. The van der Waals surface area contributed by atoms with E-state index in [4.69, 9.17) is 18.6 Å². The first-order chi connectivity index (χ1) is 16.0. The van der Waals surface area contributed by atoms with Crippen molar-refractivity contribution in [3.8, 4) is 28.4 Å². The van der Waals surface area contributed by atoms with Gasteiger partial charge in [0.2, 0.25) is 5.91 Å². The van der Waals surface area contributed by atoms with Gasteiger partial charge in [0.15, 0.2) is 11.5 Å². The van der Waals surface area contributed by atoms with Crippen LogP contribution in [0.5, 0.6) is 17.2 Å². The van der Waals surface area contributed by atoms with Crippen LogP contribution in [0.3, 0.4) is 0 Å². The number of hydrogen-bond acceptors (Lipinski definition) is 5. The Bertz CT molecular complexity index is 1320. The van der Waals surface area contributed by atoms with Gasteiger partial charge in [-0.1, -0.05) is 30.3 Å². The third-order valence-corrected chi connectivity index (χ3v) is 5.40. The van der Waals surface area contributed by atoms with Crippen LogP contribution in [-0.2, 0) is 4.79 Å². The Labute approximate surface area is 192 Å². The molecule has 0 radical (unpaired) electrons. The summed E-state index contributed by atoms with van der Waals surface area (Å²) in [6, 6.07) is 19.1. The molecule has 0 bridgehead atoms. The molecular weight excluding hydrogens is 418 g/mol. The number of allylic oxidation sites excluding steroid dienone is 1. The molecule has 0 aliphatic carbocycles. The SMILES string of the molecule is COc1ccc(NC(=O)/C=C(\C)c2cc3c(-c4ccccc4)coc3cc2OC)cc1OC. The van der Waals surface area contributed by atoms with E-state index in [0.29, 0.717) is 22.9 Å². The van der Waals surface area contributed by atoms with Crippen molar-refractivity contribution in [2.24, 2.45) is 0 Å². The molecule has 0 aliphatic heterocycles. The maximum absolute atomic E-state index is 12.7. The lowest BCUT2D eigenvalue weighted by Crippen LogP contribution is -2.09. The lowest BCUT2D eigenvalue weighted by molar-refractivity contribution is -0.111. The van der Waals surface area contributed by atoms with E-state index in [9.17, 15) is 4.79 Å². The molecule has 33 heavy (non-hydrogen) atoms. The lowest BCUT2D eigenvalue weighted by Gasteiger charge is -2.11. The zero-order valence-electron chi connectivity index (χ0n) is 19.0. The smallest absolute Gasteiger partial charge is 0.248 e. The van der Waals surface area contributed by atoms with Gasteiger partial charge in [-0.15, -0.1) is 0 Å². The van der Waals surface area contributed by atoms with Crippen LogP contribution in [0.1, 0.15) is 12.5 Å². The molecule has 0 spiro atoms. The minimum Gasteiger partial charge on any atom is -0.496 e. The van der Waals surface area contributed by atoms with Gasteiger partial charge in [-0.05, 0) is 36.3 Å². The molecule has 1 heterocycles. The molecule has 1 aromatic heterocycles. The number of nitrogens with one attached hydrogen (secondary N) is 1. The van der Waals surface area contributed by atoms with Gasteiger partial charge in [0.1, 0.15) is 11.3 Å². The van der Waals surface area contributed by atoms with Crippen LogP contribution in [0, 0.1) is 0 Å². The highest BCUT2D eigenvalue weighted by molar-refractivity contribution is 6.05. The molecule has 1 amide bonds. The van der Waals surface area contributed by atoms with Crippen LogP contribution in [0.25, 0.3) is 27.7 Å². The van der Waals surface area contributed by atoms with E-state index < -0.39 is 0 Å². The Hall–Kier alpha value is -4.19. The van der Waals surface area contributed by atoms with Gasteiger partial charge in [0.25, 0.3) is 0 Å². The highest BCUT2D eigenvalue weighted by Crippen LogP contribution is 2.37. The molecule has 4 rings (SSSR count). The van der Waals surface area contributed by atoms with Crippen LogP contribution in [0.15, 0.2) is 77.4 Å². The molecule has 0 unspecified atom stereocenters. The number of rotatable bonds is 7. The predicted octanol–water partition coefficient (Wildman–Crippen LogP) is 6.17. The van der Waals surface area contributed by atoms with Gasteiger partial charge < -0.3 is 23.9 Å². The minimum atomic E-state index is -0.266. The fraction of sp³-hybridized carbons (Fsp3) is 0.148. The van der Waals surface area contributed by atoms with Gasteiger partial charge >= 0.3 is 0 Å². The summed E-state index contributed by atoms with van der Waals surface area (Å²) in [7, 11) is 4.72. The summed E-state index contributed by atoms with van der Waals surface area (Å²) in [5.41, 5.74) is 4.93. The molecule has 0 saturated carbocycles. The number of carbonyl (C=O) groups is 1. The number of benzene rings is 3. The summed E-state index contributed by atoms with van der Waals surface area (Å²) >= 11 is 0. The molecule has 168 valence electrons. The summed E-state index contributed by atoms with van der Waals surface area (Å²) in [6.45, 7) is 1.88. The molecule has 6 nitrogen and oxygen atoms in total. The number of amides is 1. The number of carbonyl (C=O) groups excluding carboxylic acids is 1. The Morgan fingerprint density at radius 2 is 1.61 bits per heavy atom. The molecule has 0 fully saturated rings. The van der Waals surface area contributed by atoms with Gasteiger partial charge in [0, 0.05) is 40.4 Å². The van der Waals surface area contributed by atoms with E-state index in [1.807, 2.05) is 49.4 Å². The Morgan fingerprint density at radius 3 is 2.30 bits per heavy atom. The number of furan rings is 1. The van der Waals surface area contributed by atoms with Crippen LogP contribution in [0.2, 0.25) is 0 Å². The highest BCUT2D eigenvalue weighted by atomic mass is 16.5. The van der Waals surface area contributed by atoms with E-state index in [1.54, 1.807) is 51.9 Å². The maximum atomic E-state index is 12.7. The molecule has 0 atom stereocenters. The maximum Gasteiger partial charge on any atom is 0.248 e. The van der Waals surface area contributed by atoms with Gasteiger partial charge in [-0.25, -0.2) is 0 Å². The second kappa shape index (κ2) is 9.53. The highest BCUT2D eigenvalue weighted by Gasteiger charge is 2.15. The Morgan fingerprint density at radius 1 is 0.879 bits per heavy atom. The van der Waals surface area contributed by atoms with Gasteiger partial charge in [-0.3, -0.25) is 4.79 Å². The van der Waals surface area contributed by atoms with Crippen LogP contribution >= 0.6 is 0 Å². The third-order valence-electron chi connectivity index (χ3n) is 5.40. The first kappa shape index (κ1) is 22.0. The topological polar surface area (TPSA) is 69.9 Å². The van der Waals surface area contributed by atoms with E-state index >= 15 is 0 Å². The van der Waals surface area contributed by atoms with Crippen LogP contribution < -0.4 is 19.5 Å². The van der Waals surface area contributed by atoms with Gasteiger partial charge in [0.05, 0.1) is 27.6 Å². The number of hydrogen-bond donors (Lipinski definition) is 1. The van der Waals surface area contributed by atoms with Crippen molar-refractivity contribution in [2.45, 2.75) is 6.92 Å². The number of anilines is 1. The zero-order valence-corrected chi connectivity index (χ0v) is 19.0. The summed E-state index contributed by atoms with van der Waals surface area (Å²) in [4.78, 5) is 12.7. The average Bonchev–Trinajstić information content (AvgIpc) is 3.26. The third kappa shape index (κ3) is 4.55. The summed E-state index contributed by atoms with van der Waals surface area (Å²) in [6.07, 6.45) is 3.29. The normalized spacial score (nSPS) is 11.3. The standard InChI is InChI=1S/C27H25NO5/c1-17(12-27(29)28-19-10-11-23(30-2)26(13-19)32-4)20-14-21-22(18-8-6-5-7-9-18)16-33-25(21)15-24(20)31-3/h5-16H,1-4H3,(H,28,29)/b17-12+. The average molecular weight is 443 g/mol. The van der Waals surface area contributed by atoms with Crippen molar-refractivity contribution in [3.63, 3.8) is 0 Å². The van der Waals surface area contributed by atoms with Crippen molar-refractivity contribution in [3.05, 3.63) is 78.6 Å². The second-order valence-corrected chi connectivity index (χ2v) is 7.45. The fourth-order valence-corrected chi connectivity index (χ4v) is 3.74. The number of fused-ring (bicyclic) bond motifs is 1. The molecule has 4 aromatic rings. The first-order valence-corrected chi connectivity index (χ1v) is 10.4. The van der Waals surface area contributed by atoms with Crippen molar-refractivity contribution in [1.82, 2.24) is 0 Å². The molecular formula is C27H25NO5. The van der Waals surface area contributed by atoms with E-state index in [-0.39, 0.29) is 5.91 Å². The van der Waals surface area contributed by atoms with E-state index in [0.717, 1.165) is 33.2 Å². The number of ether oxygens (including phenoxy) is 3. The first-order valence-electron chi connectivity index (χ1n) is 10.4. The fourth-order valence-electron chi connectivity index (χ4n) is 3.74. The van der Waals surface area contributed by atoms with Crippen LogP contribution in [-0.4, -0.2) is 27.2 Å². The molecule has 3 aromatic carbocycles.